The highest BCUT2D eigenvalue weighted by atomic mass is 19.3. The minimum atomic E-state index is -4.82. The fourth-order valence-electron chi connectivity index (χ4n) is 3.67. The van der Waals surface area contributed by atoms with Gasteiger partial charge in [0.1, 0.15) is 52.8 Å². The van der Waals surface area contributed by atoms with E-state index in [9.17, 15) is 43.9 Å². The van der Waals surface area contributed by atoms with Crippen LogP contribution in [0.25, 0.3) is 11.1 Å². The van der Waals surface area contributed by atoms with E-state index >= 15 is 0 Å². The van der Waals surface area contributed by atoms with Crippen LogP contribution in [0.3, 0.4) is 0 Å². The van der Waals surface area contributed by atoms with Gasteiger partial charge in [-0.05, 0) is 42.0 Å². The van der Waals surface area contributed by atoms with Crippen LogP contribution in [0, 0.1) is 58.4 Å². The summed E-state index contributed by atoms with van der Waals surface area (Å²) in [6.07, 6.45) is -3.42. The van der Waals surface area contributed by atoms with Gasteiger partial charge < -0.3 is 9.47 Å². The molecule has 4 aromatic carbocycles. The monoisotopic (exact) mass is 596 g/mol. The molecule has 0 unspecified atom stereocenters. The zero-order valence-corrected chi connectivity index (χ0v) is 20.8. The molecule has 42 heavy (non-hydrogen) atoms. The van der Waals surface area contributed by atoms with E-state index in [0.29, 0.717) is 24.3 Å². The molecule has 12 heteroatoms. The van der Waals surface area contributed by atoms with Gasteiger partial charge in [-0.25, -0.2) is 35.1 Å². The van der Waals surface area contributed by atoms with E-state index in [2.05, 4.69) is 11.3 Å². The molecule has 0 fully saturated rings. The van der Waals surface area contributed by atoms with Gasteiger partial charge in [-0.1, -0.05) is 24.5 Å². The van der Waals surface area contributed by atoms with Gasteiger partial charge in [0.15, 0.2) is 17.5 Å². The predicted molar refractivity (Wildman–Crippen MR) is 131 cm³/mol. The van der Waals surface area contributed by atoms with Crippen LogP contribution in [0.2, 0.25) is 0 Å². The summed E-state index contributed by atoms with van der Waals surface area (Å²) in [5.74, 6) is -10.1. The van der Waals surface area contributed by atoms with Gasteiger partial charge in [0.2, 0.25) is 0 Å². The maximum Gasteiger partial charge on any atom is 0.432 e. The van der Waals surface area contributed by atoms with E-state index < -0.39 is 80.6 Å². The summed E-state index contributed by atoms with van der Waals surface area (Å²) in [7, 11) is 0. The Balaban J connectivity index is 1.61. The van der Waals surface area contributed by atoms with Gasteiger partial charge in [-0.15, -0.1) is 0 Å². The third-order valence-electron chi connectivity index (χ3n) is 5.53. The Morgan fingerprint density at radius 1 is 0.667 bits per heavy atom. The van der Waals surface area contributed by atoms with Gasteiger partial charge in [0.25, 0.3) is 0 Å². The van der Waals surface area contributed by atoms with Crippen LogP contribution in [-0.4, -0.2) is 6.61 Å². The van der Waals surface area contributed by atoms with Crippen molar-refractivity contribution < 1.29 is 53.4 Å². The van der Waals surface area contributed by atoms with Crippen LogP contribution >= 0.6 is 0 Å². The average molecular weight is 596 g/mol. The van der Waals surface area contributed by atoms with Crippen LogP contribution in [-0.2, 0) is 6.11 Å². The Morgan fingerprint density at radius 3 is 1.79 bits per heavy atom. The smallest absolute Gasteiger partial charge is 0.432 e. The molecular formula is C30H14F10O2. The van der Waals surface area contributed by atoms with Crippen LogP contribution in [0.15, 0.2) is 67.3 Å². The van der Waals surface area contributed by atoms with E-state index in [1.54, 1.807) is 0 Å². The number of alkyl halides is 2. The van der Waals surface area contributed by atoms with Gasteiger partial charge in [-0.3, -0.25) is 0 Å². The number of rotatable bonds is 7. The van der Waals surface area contributed by atoms with Crippen molar-refractivity contribution in [1.29, 1.82) is 0 Å². The molecule has 0 spiro atoms. The van der Waals surface area contributed by atoms with E-state index in [0.717, 1.165) is 12.1 Å². The molecule has 0 bridgehead atoms. The van der Waals surface area contributed by atoms with Gasteiger partial charge in [0.05, 0.1) is 5.56 Å². The maximum atomic E-state index is 14.8. The number of hydrogen-bond donors (Lipinski definition) is 0. The van der Waals surface area contributed by atoms with Crippen molar-refractivity contribution in [2.45, 2.75) is 6.11 Å². The van der Waals surface area contributed by atoms with E-state index in [1.807, 2.05) is 11.8 Å². The third kappa shape index (κ3) is 6.35. The van der Waals surface area contributed by atoms with Crippen molar-refractivity contribution >= 4 is 0 Å². The van der Waals surface area contributed by atoms with Crippen molar-refractivity contribution in [1.82, 2.24) is 0 Å². The summed E-state index contributed by atoms with van der Waals surface area (Å²) in [6, 6.07) is 5.48. The lowest BCUT2D eigenvalue weighted by Crippen LogP contribution is -2.25. The highest BCUT2D eigenvalue weighted by Crippen LogP contribution is 2.38. The first kappa shape index (κ1) is 30.0. The first-order valence-electron chi connectivity index (χ1n) is 11.6. The summed E-state index contributed by atoms with van der Waals surface area (Å²) >= 11 is 0. The van der Waals surface area contributed by atoms with Crippen LogP contribution in [0.1, 0.15) is 16.7 Å². The Morgan fingerprint density at radius 2 is 1.24 bits per heavy atom. The summed E-state index contributed by atoms with van der Waals surface area (Å²) in [6.45, 7) is 3.48. The Bertz CT molecular complexity index is 1690. The van der Waals surface area contributed by atoms with E-state index in [1.165, 1.54) is 12.1 Å². The molecule has 0 atom stereocenters. The van der Waals surface area contributed by atoms with Gasteiger partial charge in [-0.2, -0.15) is 8.78 Å². The third-order valence-corrected chi connectivity index (χ3v) is 5.53. The zero-order chi connectivity index (χ0) is 30.8. The number of halogens is 10. The van der Waals surface area contributed by atoms with E-state index in [-0.39, 0.29) is 30.1 Å². The largest absolute Gasteiger partial charge is 0.489 e. The van der Waals surface area contributed by atoms with Crippen molar-refractivity contribution in [3.63, 3.8) is 0 Å². The molecule has 0 N–H and O–H groups in total. The molecule has 0 aliphatic carbocycles. The zero-order valence-electron chi connectivity index (χ0n) is 20.8. The molecule has 216 valence electrons. The Kier molecular flexibility index (Phi) is 8.51. The summed E-state index contributed by atoms with van der Waals surface area (Å²) < 4.78 is 152. The summed E-state index contributed by atoms with van der Waals surface area (Å²) in [4.78, 5) is 0. The molecule has 0 aromatic heterocycles. The van der Waals surface area contributed by atoms with Crippen molar-refractivity contribution in [2.24, 2.45) is 0 Å². The number of benzene rings is 4. The molecule has 0 aliphatic rings. The molecule has 4 aromatic rings. The molecule has 0 heterocycles. The molecule has 0 saturated carbocycles. The normalized spacial score (nSPS) is 11.1. The van der Waals surface area contributed by atoms with Crippen molar-refractivity contribution in [2.75, 3.05) is 6.61 Å². The molecule has 0 saturated heterocycles. The fraction of sp³-hybridized carbons (Fsp3) is 0.0667. The van der Waals surface area contributed by atoms with Gasteiger partial charge >= 0.3 is 6.11 Å². The summed E-state index contributed by atoms with van der Waals surface area (Å²) in [5.41, 5.74) is -4.26. The predicted octanol–water partition coefficient (Wildman–Crippen LogP) is 8.56. The van der Waals surface area contributed by atoms with Crippen LogP contribution in [0.5, 0.6) is 11.5 Å². The summed E-state index contributed by atoms with van der Waals surface area (Å²) in [5, 5.41) is 0. The standard InChI is InChI=1S/C30H14F10O2/c1-2-7-41-17-4-6-19(21(31)12-17)16-10-24(34)28(25(35)11-16)30(39,40)42-18-13-22(32)20(23(33)14-18)5-3-15-8-26(36)29(38)27(37)9-15/h2,4,6,8-14H,1,7H2. The van der Waals surface area contributed by atoms with E-state index in [4.69, 9.17) is 4.74 Å². The molecular weight excluding hydrogens is 582 g/mol. The van der Waals surface area contributed by atoms with Gasteiger partial charge in [0, 0.05) is 29.3 Å². The SMILES string of the molecule is C=CCOc1ccc(-c2cc(F)c(C(F)(F)Oc3cc(F)c(C#Cc4cc(F)c(F)c(F)c4)c(F)c3)c(F)c2)c(F)c1. The topological polar surface area (TPSA) is 18.5 Å². The first-order chi connectivity index (χ1) is 19.8. The minimum absolute atomic E-state index is 0.0498. The first-order valence-corrected chi connectivity index (χ1v) is 11.6. The average Bonchev–Trinajstić information content (AvgIpc) is 2.89. The highest BCUT2D eigenvalue weighted by Gasteiger charge is 2.41. The lowest BCUT2D eigenvalue weighted by Gasteiger charge is -2.20. The van der Waals surface area contributed by atoms with Crippen LogP contribution in [0.4, 0.5) is 43.9 Å². The fourth-order valence-corrected chi connectivity index (χ4v) is 3.67. The second-order valence-corrected chi connectivity index (χ2v) is 8.44. The molecule has 2 nitrogen and oxygen atoms in total. The maximum absolute atomic E-state index is 14.8. The van der Waals surface area contributed by atoms with Crippen LogP contribution < -0.4 is 9.47 Å². The number of hydrogen-bond acceptors (Lipinski definition) is 2. The second-order valence-electron chi connectivity index (χ2n) is 8.44. The molecule has 0 aliphatic heterocycles. The highest BCUT2D eigenvalue weighted by molar-refractivity contribution is 5.66. The lowest BCUT2D eigenvalue weighted by molar-refractivity contribution is -0.189. The molecule has 0 amide bonds. The van der Waals surface area contributed by atoms with Crippen molar-refractivity contribution in [3.8, 4) is 34.5 Å². The second kappa shape index (κ2) is 11.9. The minimum Gasteiger partial charge on any atom is -0.489 e. The Labute approximate surface area is 231 Å². The number of ether oxygens (including phenoxy) is 2. The Hall–Kier alpha value is -4.92. The molecule has 4 rings (SSSR count). The van der Waals surface area contributed by atoms with Crippen molar-refractivity contribution in [3.05, 3.63) is 130 Å². The molecule has 0 radical (unpaired) electrons. The lowest BCUT2D eigenvalue weighted by atomic mass is 10.0. The quantitative estimate of drug-likeness (QED) is 0.0922.